The number of rotatable bonds is 8. The number of carbonyl (C=O) groups is 3. The molecule has 2 aliphatic rings. The molecule has 1 saturated heterocycles. The first kappa shape index (κ1) is 25.9. The van der Waals surface area contributed by atoms with Crippen LogP contribution >= 0.6 is 0 Å². The number of nitrogens with one attached hydrogen (secondary N) is 3. The Morgan fingerprint density at radius 3 is 2.68 bits per heavy atom. The van der Waals surface area contributed by atoms with Crippen molar-refractivity contribution in [3.8, 4) is 0 Å². The highest BCUT2D eigenvalue weighted by Gasteiger charge is 2.50. The van der Waals surface area contributed by atoms with Crippen LogP contribution in [0.15, 0.2) is 43.1 Å². The fourth-order valence-electron chi connectivity index (χ4n) is 5.48. The number of aromatic nitrogens is 3. The molecule has 4 N–H and O–H groups in total. The summed E-state index contributed by atoms with van der Waals surface area (Å²) in [5, 5.41) is 20.7. The van der Waals surface area contributed by atoms with Crippen molar-refractivity contribution in [2.24, 2.45) is 0 Å². The second-order valence-electron chi connectivity index (χ2n) is 10.1. The van der Waals surface area contributed by atoms with Crippen LogP contribution in [0.4, 0.5) is 15.8 Å². The van der Waals surface area contributed by atoms with Gasteiger partial charge in [-0.1, -0.05) is 0 Å². The standard InChI is InChI=1S/C27H31FN6O4/c1-16(35)21-13-34(23-5-4-18(10-20(21)23)32-19-11-29-15-30-12-19)14-25(37)27(7-6-17(28)9-24(27)36)33-26(38)22-3-2-8-31-22/h4-5,10-13,15,17,22,24,31-32,36H,2-3,6-9,14H2,1H3,(H,33,38)/t17?,22?,24-,27-/m0/s1. The van der Waals surface area contributed by atoms with Crippen LogP contribution < -0.4 is 16.0 Å². The van der Waals surface area contributed by atoms with Crippen LogP contribution in [0.3, 0.4) is 0 Å². The predicted molar refractivity (Wildman–Crippen MR) is 139 cm³/mol. The molecule has 38 heavy (non-hydrogen) atoms. The smallest absolute Gasteiger partial charge is 0.238 e. The van der Waals surface area contributed by atoms with Gasteiger partial charge in [-0.15, -0.1) is 0 Å². The number of anilines is 2. The van der Waals surface area contributed by atoms with E-state index in [1.165, 1.54) is 13.3 Å². The molecule has 1 amide bonds. The lowest BCUT2D eigenvalue weighted by molar-refractivity contribution is -0.142. The molecule has 3 heterocycles. The number of aliphatic hydroxyl groups is 1. The highest BCUT2D eigenvalue weighted by atomic mass is 19.1. The molecule has 10 nitrogen and oxygen atoms in total. The predicted octanol–water partition coefficient (Wildman–Crippen LogP) is 2.44. The SMILES string of the molecule is CC(=O)c1cn(CC(=O)[C@]2(NC(=O)C3CCCN3)CCC(F)C[C@@H]2O)c2ccc(Nc3cncnc3)cc12. The lowest BCUT2D eigenvalue weighted by atomic mass is 9.75. The summed E-state index contributed by atoms with van der Waals surface area (Å²) >= 11 is 0. The Kier molecular flexibility index (Phi) is 7.22. The van der Waals surface area contributed by atoms with E-state index in [2.05, 4.69) is 25.9 Å². The van der Waals surface area contributed by atoms with Crippen LogP contribution in [0.1, 0.15) is 49.4 Å². The van der Waals surface area contributed by atoms with E-state index < -0.39 is 29.6 Å². The number of hydrogen-bond donors (Lipinski definition) is 4. The van der Waals surface area contributed by atoms with Crippen LogP contribution in [-0.4, -0.2) is 67.5 Å². The molecule has 1 aromatic carbocycles. The third-order valence-electron chi connectivity index (χ3n) is 7.54. The van der Waals surface area contributed by atoms with E-state index in [1.807, 2.05) is 12.1 Å². The van der Waals surface area contributed by atoms with Gasteiger partial charge in [0.05, 0.1) is 36.8 Å². The summed E-state index contributed by atoms with van der Waals surface area (Å²) < 4.78 is 15.8. The molecule has 2 aromatic heterocycles. The summed E-state index contributed by atoms with van der Waals surface area (Å²) in [7, 11) is 0. The van der Waals surface area contributed by atoms with E-state index in [-0.39, 0.29) is 37.5 Å². The molecule has 1 aliphatic carbocycles. The van der Waals surface area contributed by atoms with Gasteiger partial charge in [-0.25, -0.2) is 14.4 Å². The average Bonchev–Trinajstić information content (AvgIpc) is 3.55. The third kappa shape index (κ3) is 5.03. The fraction of sp³-hybridized carbons (Fsp3) is 0.444. The molecular weight excluding hydrogens is 491 g/mol. The van der Waals surface area contributed by atoms with Crippen LogP contribution in [0.2, 0.25) is 0 Å². The lowest BCUT2D eigenvalue weighted by Crippen LogP contribution is -2.66. The molecule has 0 spiro atoms. The van der Waals surface area contributed by atoms with Crippen LogP contribution in [0, 0.1) is 0 Å². The van der Waals surface area contributed by atoms with Crippen molar-refractivity contribution in [2.75, 3.05) is 11.9 Å². The van der Waals surface area contributed by atoms with Crippen LogP contribution in [0.5, 0.6) is 0 Å². The number of alkyl halides is 1. The van der Waals surface area contributed by atoms with E-state index in [4.69, 9.17) is 0 Å². The number of ketones is 2. The number of nitrogens with zero attached hydrogens (tertiary/aromatic N) is 3. The Bertz CT molecular complexity index is 1360. The van der Waals surface area contributed by atoms with Gasteiger partial charge in [-0.05, 0) is 57.4 Å². The molecule has 200 valence electrons. The molecule has 2 unspecified atom stereocenters. The number of fused-ring (bicyclic) bond motifs is 1. The Balaban J connectivity index is 1.46. The van der Waals surface area contributed by atoms with Crippen molar-refractivity contribution in [3.63, 3.8) is 0 Å². The number of amides is 1. The van der Waals surface area contributed by atoms with Crippen molar-refractivity contribution in [1.29, 1.82) is 0 Å². The lowest BCUT2D eigenvalue weighted by Gasteiger charge is -2.42. The fourth-order valence-corrected chi connectivity index (χ4v) is 5.48. The van der Waals surface area contributed by atoms with Gasteiger partial charge in [0, 0.05) is 34.8 Å². The summed E-state index contributed by atoms with van der Waals surface area (Å²) in [5.41, 5.74) is 0.861. The zero-order valence-electron chi connectivity index (χ0n) is 21.1. The van der Waals surface area contributed by atoms with Crippen LogP contribution in [-0.2, 0) is 16.1 Å². The topological polar surface area (TPSA) is 138 Å². The summed E-state index contributed by atoms with van der Waals surface area (Å²) in [6, 6.07) is 4.97. The number of benzene rings is 1. The van der Waals surface area contributed by atoms with Crippen molar-refractivity contribution >= 4 is 39.8 Å². The van der Waals surface area contributed by atoms with E-state index in [0.717, 1.165) is 6.42 Å². The quantitative estimate of drug-likeness (QED) is 0.331. The number of carbonyl (C=O) groups excluding carboxylic acids is 3. The van der Waals surface area contributed by atoms with Gasteiger partial charge in [-0.3, -0.25) is 14.4 Å². The van der Waals surface area contributed by atoms with Crippen LogP contribution in [0.25, 0.3) is 10.9 Å². The maximum atomic E-state index is 14.1. The minimum absolute atomic E-state index is 0.00138. The van der Waals surface area contributed by atoms with Gasteiger partial charge in [0.15, 0.2) is 11.6 Å². The van der Waals surface area contributed by atoms with Gasteiger partial charge in [0.2, 0.25) is 5.91 Å². The third-order valence-corrected chi connectivity index (χ3v) is 7.54. The van der Waals surface area contributed by atoms with Gasteiger partial charge < -0.3 is 25.6 Å². The first-order valence-corrected chi connectivity index (χ1v) is 12.8. The molecule has 1 saturated carbocycles. The molecule has 0 bridgehead atoms. The Hall–Kier alpha value is -3.70. The van der Waals surface area contributed by atoms with Crippen molar-refractivity contribution < 1.29 is 23.9 Å². The number of hydrogen-bond acceptors (Lipinski definition) is 8. The zero-order valence-corrected chi connectivity index (χ0v) is 21.1. The highest BCUT2D eigenvalue weighted by Crippen LogP contribution is 2.34. The van der Waals surface area contributed by atoms with Gasteiger partial charge in [0.25, 0.3) is 0 Å². The first-order chi connectivity index (χ1) is 18.3. The minimum atomic E-state index is -1.61. The van der Waals surface area contributed by atoms with E-state index in [0.29, 0.717) is 40.8 Å². The molecular formula is C27H31FN6O4. The second-order valence-corrected chi connectivity index (χ2v) is 10.1. The number of halogens is 1. The largest absolute Gasteiger partial charge is 0.390 e. The molecule has 4 atom stereocenters. The molecule has 2 fully saturated rings. The maximum Gasteiger partial charge on any atom is 0.238 e. The summed E-state index contributed by atoms with van der Waals surface area (Å²) in [6.45, 7) is 1.95. The summed E-state index contributed by atoms with van der Waals surface area (Å²) in [6.07, 6.45) is 4.98. The van der Waals surface area contributed by atoms with E-state index >= 15 is 0 Å². The van der Waals surface area contributed by atoms with Crippen molar-refractivity contribution in [3.05, 3.63) is 48.7 Å². The average molecular weight is 523 g/mol. The molecule has 5 rings (SSSR count). The van der Waals surface area contributed by atoms with E-state index in [9.17, 15) is 23.9 Å². The molecule has 11 heteroatoms. The minimum Gasteiger partial charge on any atom is -0.390 e. The second kappa shape index (κ2) is 10.6. The Morgan fingerprint density at radius 1 is 1.21 bits per heavy atom. The van der Waals surface area contributed by atoms with E-state index in [1.54, 1.807) is 29.2 Å². The summed E-state index contributed by atoms with van der Waals surface area (Å²) in [4.78, 5) is 47.3. The van der Waals surface area contributed by atoms with Crippen molar-refractivity contribution in [2.45, 2.75) is 69.4 Å². The Labute approximate surface area is 219 Å². The molecule has 1 aliphatic heterocycles. The monoisotopic (exact) mass is 522 g/mol. The van der Waals surface area contributed by atoms with Gasteiger partial charge in [0.1, 0.15) is 18.0 Å². The first-order valence-electron chi connectivity index (χ1n) is 12.8. The Morgan fingerprint density at radius 2 is 2.00 bits per heavy atom. The molecule has 3 aromatic rings. The van der Waals surface area contributed by atoms with Crippen molar-refractivity contribution in [1.82, 2.24) is 25.2 Å². The zero-order chi connectivity index (χ0) is 26.9. The summed E-state index contributed by atoms with van der Waals surface area (Å²) in [5.74, 6) is -0.969. The molecule has 0 radical (unpaired) electrons. The normalized spacial score (nSPS) is 25.3. The highest BCUT2D eigenvalue weighted by molar-refractivity contribution is 6.08. The maximum absolute atomic E-state index is 14.1. The van der Waals surface area contributed by atoms with Gasteiger partial charge in [-0.2, -0.15) is 0 Å². The van der Waals surface area contributed by atoms with Gasteiger partial charge >= 0.3 is 0 Å². The number of Topliss-reactive ketones (excluding diaryl/α,β-unsaturated/α-hetero) is 2. The number of aliphatic hydroxyl groups excluding tert-OH is 1.